The van der Waals surface area contributed by atoms with Crippen LogP contribution in [0.1, 0.15) is 29.3 Å². The van der Waals surface area contributed by atoms with Gasteiger partial charge in [0.1, 0.15) is 12.4 Å². The standard InChI is InChI=1S/C13H16O3/c1-3-4-5-9-16-12-8-6-7-11(10(12)2)13(14)15/h4-8H,3,9H2,1-2H3,(H,14,15)/p-1/b5-4-. The Morgan fingerprint density at radius 1 is 1.44 bits per heavy atom. The molecule has 0 radical (unpaired) electrons. The molecular weight excluding hydrogens is 204 g/mol. The molecule has 1 aromatic carbocycles. The lowest BCUT2D eigenvalue weighted by Crippen LogP contribution is -2.23. The van der Waals surface area contributed by atoms with Crippen LogP contribution >= 0.6 is 0 Å². The molecule has 0 atom stereocenters. The zero-order valence-corrected chi connectivity index (χ0v) is 9.53. The van der Waals surface area contributed by atoms with Crippen molar-refractivity contribution >= 4 is 5.97 Å². The third kappa shape index (κ3) is 3.12. The summed E-state index contributed by atoms with van der Waals surface area (Å²) in [6.45, 7) is 4.20. The molecule has 3 heteroatoms. The normalized spacial score (nSPS) is 10.6. The molecule has 86 valence electrons. The predicted octanol–water partition coefficient (Wildman–Crippen LogP) is 1.70. The molecule has 0 aromatic heterocycles. The Labute approximate surface area is 95.4 Å². The maximum atomic E-state index is 10.8. The first-order chi connectivity index (χ1) is 7.66. The maximum Gasteiger partial charge on any atom is 0.123 e. The third-order valence-corrected chi connectivity index (χ3v) is 2.24. The number of carboxylic acids is 1. The van der Waals surface area contributed by atoms with Gasteiger partial charge in [-0.05, 0) is 19.4 Å². The van der Waals surface area contributed by atoms with Gasteiger partial charge in [0.05, 0.1) is 5.97 Å². The van der Waals surface area contributed by atoms with Gasteiger partial charge in [0.2, 0.25) is 0 Å². The lowest BCUT2D eigenvalue weighted by atomic mass is 10.1. The van der Waals surface area contributed by atoms with Gasteiger partial charge in [0.15, 0.2) is 0 Å². The van der Waals surface area contributed by atoms with E-state index in [2.05, 4.69) is 0 Å². The van der Waals surface area contributed by atoms with E-state index >= 15 is 0 Å². The van der Waals surface area contributed by atoms with Crippen LogP contribution in [-0.4, -0.2) is 12.6 Å². The van der Waals surface area contributed by atoms with Crippen molar-refractivity contribution in [2.24, 2.45) is 0 Å². The summed E-state index contributed by atoms with van der Waals surface area (Å²) < 4.78 is 5.45. The van der Waals surface area contributed by atoms with Crippen LogP contribution in [0.4, 0.5) is 0 Å². The zero-order valence-electron chi connectivity index (χ0n) is 9.53. The number of aromatic carboxylic acids is 1. The highest BCUT2D eigenvalue weighted by Crippen LogP contribution is 2.20. The van der Waals surface area contributed by atoms with Crippen molar-refractivity contribution < 1.29 is 14.6 Å². The van der Waals surface area contributed by atoms with E-state index in [1.54, 1.807) is 19.1 Å². The molecule has 0 heterocycles. The first-order valence-corrected chi connectivity index (χ1v) is 5.25. The largest absolute Gasteiger partial charge is 0.545 e. The zero-order chi connectivity index (χ0) is 12.0. The summed E-state index contributed by atoms with van der Waals surface area (Å²) in [5, 5.41) is 10.8. The number of hydrogen-bond donors (Lipinski definition) is 0. The molecule has 0 fully saturated rings. The van der Waals surface area contributed by atoms with Crippen LogP contribution in [0.25, 0.3) is 0 Å². The maximum absolute atomic E-state index is 10.8. The van der Waals surface area contributed by atoms with Crippen molar-refractivity contribution in [2.45, 2.75) is 20.3 Å². The number of carbonyl (C=O) groups excluding carboxylic acids is 1. The predicted molar refractivity (Wildman–Crippen MR) is 60.4 cm³/mol. The minimum atomic E-state index is -1.17. The molecule has 1 rings (SSSR count). The fourth-order valence-electron chi connectivity index (χ4n) is 1.36. The highest BCUT2D eigenvalue weighted by molar-refractivity contribution is 5.88. The minimum Gasteiger partial charge on any atom is -0.545 e. The van der Waals surface area contributed by atoms with E-state index in [0.29, 0.717) is 17.9 Å². The number of allylic oxidation sites excluding steroid dienone is 1. The van der Waals surface area contributed by atoms with Crippen LogP contribution in [0.3, 0.4) is 0 Å². The van der Waals surface area contributed by atoms with Crippen LogP contribution in [0.5, 0.6) is 5.75 Å². The van der Waals surface area contributed by atoms with Crippen molar-refractivity contribution in [2.75, 3.05) is 6.61 Å². The fraction of sp³-hybridized carbons (Fsp3) is 0.308. The quantitative estimate of drug-likeness (QED) is 0.708. The van der Waals surface area contributed by atoms with E-state index in [-0.39, 0.29) is 5.56 Å². The summed E-state index contributed by atoms with van der Waals surface area (Å²) in [4.78, 5) is 10.8. The molecule has 0 amide bonds. The van der Waals surface area contributed by atoms with E-state index in [1.807, 2.05) is 19.1 Å². The van der Waals surface area contributed by atoms with Crippen molar-refractivity contribution in [3.63, 3.8) is 0 Å². The van der Waals surface area contributed by atoms with Gasteiger partial charge in [0.25, 0.3) is 0 Å². The number of benzene rings is 1. The summed E-state index contributed by atoms with van der Waals surface area (Å²) in [5.41, 5.74) is 0.782. The smallest absolute Gasteiger partial charge is 0.123 e. The monoisotopic (exact) mass is 219 g/mol. The van der Waals surface area contributed by atoms with E-state index in [4.69, 9.17) is 4.74 Å². The SMILES string of the molecule is CC/C=C\COc1cccc(C(=O)[O-])c1C. The summed E-state index contributed by atoms with van der Waals surface area (Å²) in [7, 11) is 0. The number of rotatable bonds is 5. The minimum absolute atomic E-state index is 0.178. The Morgan fingerprint density at radius 2 is 2.19 bits per heavy atom. The van der Waals surface area contributed by atoms with Gasteiger partial charge >= 0.3 is 0 Å². The molecule has 0 aliphatic rings. The molecule has 0 unspecified atom stereocenters. The van der Waals surface area contributed by atoms with E-state index in [9.17, 15) is 9.90 Å². The van der Waals surface area contributed by atoms with Crippen LogP contribution in [0.2, 0.25) is 0 Å². The van der Waals surface area contributed by atoms with Crippen molar-refractivity contribution in [1.82, 2.24) is 0 Å². The van der Waals surface area contributed by atoms with Gasteiger partial charge in [-0.1, -0.05) is 31.2 Å². The number of ether oxygens (including phenoxy) is 1. The molecule has 0 N–H and O–H groups in total. The lowest BCUT2D eigenvalue weighted by Gasteiger charge is -2.11. The van der Waals surface area contributed by atoms with Crippen LogP contribution < -0.4 is 9.84 Å². The van der Waals surface area contributed by atoms with Gasteiger partial charge in [-0.2, -0.15) is 0 Å². The number of carbonyl (C=O) groups is 1. The molecule has 16 heavy (non-hydrogen) atoms. The molecule has 1 aromatic rings. The second-order valence-electron chi connectivity index (χ2n) is 3.41. The average Bonchev–Trinajstić information content (AvgIpc) is 2.26. The lowest BCUT2D eigenvalue weighted by molar-refractivity contribution is -0.255. The molecule has 0 saturated carbocycles. The Hall–Kier alpha value is -1.77. The van der Waals surface area contributed by atoms with Crippen molar-refractivity contribution in [3.05, 3.63) is 41.5 Å². The molecule has 0 aliphatic carbocycles. The van der Waals surface area contributed by atoms with E-state index in [0.717, 1.165) is 6.42 Å². The summed E-state index contributed by atoms with van der Waals surface area (Å²) >= 11 is 0. The van der Waals surface area contributed by atoms with Gasteiger partial charge < -0.3 is 14.6 Å². The topological polar surface area (TPSA) is 49.4 Å². The van der Waals surface area contributed by atoms with Crippen LogP contribution in [0, 0.1) is 6.92 Å². The molecule has 0 saturated heterocycles. The summed E-state index contributed by atoms with van der Waals surface area (Å²) in [5.74, 6) is -0.588. The van der Waals surface area contributed by atoms with Crippen molar-refractivity contribution in [3.8, 4) is 5.75 Å². The molecular formula is C13H15O3-. The fourth-order valence-corrected chi connectivity index (χ4v) is 1.36. The molecule has 0 aliphatic heterocycles. The second-order valence-corrected chi connectivity index (χ2v) is 3.41. The van der Waals surface area contributed by atoms with Gasteiger partial charge in [0, 0.05) is 11.1 Å². The van der Waals surface area contributed by atoms with Gasteiger partial charge in [-0.15, -0.1) is 0 Å². The molecule has 0 bridgehead atoms. The number of carboxylic acid groups (broad SMARTS) is 1. The van der Waals surface area contributed by atoms with Crippen LogP contribution in [-0.2, 0) is 0 Å². The average molecular weight is 219 g/mol. The highest BCUT2D eigenvalue weighted by atomic mass is 16.5. The Bertz CT molecular complexity index is 394. The number of hydrogen-bond acceptors (Lipinski definition) is 3. The Kier molecular flexibility index (Phi) is 4.58. The van der Waals surface area contributed by atoms with E-state index in [1.165, 1.54) is 6.07 Å². The first kappa shape index (κ1) is 12.3. The first-order valence-electron chi connectivity index (χ1n) is 5.25. The summed E-state index contributed by atoms with van der Waals surface area (Å²) in [6, 6.07) is 4.91. The Balaban J connectivity index is 2.77. The third-order valence-electron chi connectivity index (χ3n) is 2.24. The van der Waals surface area contributed by atoms with Crippen molar-refractivity contribution in [1.29, 1.82) is 0 Å². The van der Waals surface area contributed by atoms with Gasteiger partial charge in [-0.25, -0.2) is 0 Å². The molecule has 0 spiro atoms. The Morgan fingerprint density at radius 3 is 2.81 bits per heavy atom. The second kappa shape index (κ2) is 5.95. The van der Waals surface area contributed by atoms with Crippen LogP contribution in [0.15, 0.2) is 30.4 Å². The summed E-state index contributed by atoms with van der Waals surface area (Å²) in [6.07, 6.45) is 4.87. The van der Waals surface area contributed by atoms with E-state index < -0.39 is 5.97 Å². The molecule has 3 nitrogen and oxygen atoms in total. The highest BCUT2D eigenvalue weighted by Gasteiger charge is 2.04. The van der Waals surface area contributed by atoms with Gasteiger partial charge in [-0.3, -0.25) is 0 Å².